The summed E-state index contributed by atoms with van der Waals surface area (Å²) in [7, 11) is 0. The maximum Gasteiger partial charge on any atom is 0.317 e. The summed E-state index contributed by atoms with van der Waals surface area (Å²) in [6.45, 7) is 2.85. The van der Waals surface area contributed by atoms with Gasteiger partial charge in [-0.2, -0.15) is 0 Å². The molecule has 7 heteroatoms. The van der Waals surface area contributed by atoms with Crippen molar-refractivity contribution >= 4 is 17.4 Å². The third kappa shape index (κ3) is 4.49. The predicted molar refractivity (Wildman–Crippen MR) is 85.9 cm³/mol. The van der Waals surface area contributed by atoms with E-state index >= 15 is 0 Å². The first-order chi connectivity index (χ1) is 11.2. The van der Waals surface area contributed by atoms with Gasteiger partial charge in [-0.3, -0.25) is 0 Å². The molecule has 0 unspecified atom stereocenters. The largest absolute Gasteiger partial charge is 0.378 e. The first kappa shape index (κ1) is 15.9. The van der Waals surface area contributed by atoms with Crippen LogP contribution in [0, 0.1) is 5.82 Å². The smallest absolute Gasteiger partial charge is 0.317 e. The van der Waals surface area contributed by atoms with Gasteiger partial charge in [-0.05, 0) is 17.7 Å². The number of ether oxygens (including phenoxy) is 1. The number of urea groups is 1. The number of amides is 2. The number of nitrogens with zero attached hydrogens (tertiary/aromatic N) is 2. The van der Waals surface area contributed by atoms with E-state index in [1.54, 1.807) is 28.4 Å². The average molecular weight is 335 g/mol. The second kappa shape index (κ2) is 7.52. The highest BCUT2D eigenvalue weighted by Crippen LogP contribution is 2.17. The lowest BCUT2D eigenvalue weighted by Crippen LogP contribution is -2.45. The Morgan fingerprint density at radius 1 is 1.30 bits per heavy atom. The van der Waals surface area contributed by atoms with E-state index in [0.29, 0.717) is 32.8 Å². The number of carbonyl (C=O) groups is 1. The molecule has 1 aliphatic heterocycles. The van der Waals surface area contributed by atoms with Gasteiger partial charge in [0.05, 0.1) is 19.8 Å². The number of aromatic nitrogens is 1. The van der Waals surface area contributed by atoms with Crippen LogP contribution in [0.3, 0.4) is 0 Å². The number of rotatable bonds is 4. The van der Waals surface area contributed by atoms with E-state index in [4.69, 9.17) is 4.74 Å². The molecule has 3 rings (SSSR count). The van der Waals surface area contributed by atoms with E-state index in [0.717, 1.165) is 21.9 Å². The van der Waals surface area contributed by atoms with Crippen molar-refractivity contribution < 1.29 is 13.9 Å². The van der Waals surface area contributed by atoms with Crippen LogP contribution in [-0.4, -0.2) is 42.2 Å². The van der Waals surface area contributed by atoms with Crippen LogP contribution in [0.1, 0.15) is 15.4 Å². The van der Waals surface area contributed by atoms with Gasteiger partial charge in [0, 0.05) is 30.6 Å². The van der Waals surface area contributed by atoms with E-state index in [1.165, 1.54) is 12.1 Å². The van der Waals surface area contributed by atoms with Crippen molar-refractivity contribution in [1.82, 2.24) is 15.2 Å². The predicted octanol–water partition coefficient (Wildman–Crippen LogP) is 2.41. The average Bonchev–Trinajstić information content (AvgIpc) is 3.03. The summed E-state index contributed by atoms with van der Waals surface area (Å²) < 4.78 is 18.1. The molecule has 2 aromatic rings. The van der Waals surface area contributed by atoms with Crippen molar-refractivity contribution in [3.63, 3.8) is 0 Å². The second-order valence-electron chi connectivity index (χ2n) is 5.28. The van der Waals surface area contributed by atoms with Gasteiger partial charge in [0.25, 0.3) is 0 Å². The Labute approximate surface area is 138 Å². The SMILES string of the molecule is O=C(NCc1ncc(Cc2ccc(F)cc2)s1)N1CCOCC1. The van der Waals surface area contributed by atoms with Gasteiger partial charge >= 0.3 is 6.03 Å². The van der Waals surface area contributed by atoms with Crippen molar-refractivity contribution in [2.24, 2.45) is 0 Å². The summed E-state index contributed by atoms with van der Waals surface area (Å²) in [6.07, 6.45) is 2.53. The summed E-state index contributed by atoms with van der Waals surface area (Å²) in [6, 6.07) is 6.38. The van der Waals surface area contributed by atoms with Gasteiger partial charge < -0.3 is 15.0 Å². The van der Waals surface area contributed by atoms with Crippen LogP contribution < -0.4 is 5.32 Å². The fourth-order valence-electron chi connectivity index (χ4n) is 2.34. The maximum absolute atomic E-state index is 12.9. The number of morpholine rings is 1. The normalized spacial score (nSPS) is 14.7. The zero-order valence-corrected chi connectivity index (χ0v) is 13.4. The summed E-state index contributed by atoms with van der Waals surface area (Å²) in [4.78, 5) is 19.2. The van der Waals surface area contributed by atoms with Gasteiger partial charge in [-0.15, -0.1) is 11.3 Å². The lowest BCUT2D eigenvalue weighted by molar-refractivity contribution is 0.0531. The van der Waals surface area contributed by atoms with Crippen LogP contribution in [0.4, 0.5) is 9.18 Å². The first-order valence-corrected chi connectivity index (χ1v) is 8.31. The number of hydrogen-bond donors (Lipinski definition) is 1. The molecule has 2 heterocycles. The third-order valence-corrected chi connectivity index (χ3v) is 4.58. The monoisotopic (exact) mass is 335 g/mol. The number of benzene rings is 1. The summed E-state index contributed by atoms with van der Waals surface area (Å²) >= 11 is 1.56. The molecule has 0 bridgehead atoms. The van der Waals surface area contributed by atoms with Crippen LogP contribution in [0.2, 0.25) is 0 Å². The molecule has 1 aromatic heterocycles. The Hall–Kier alpha value is -1.99. The number of halogens is 1. The fourth-order valence-corrected chi connectivity index (χ4v) is 3.24. The second-order valence-corrected chi connectivity index (χ2v) is 6.48. The van der Waals surface area contributed by atoms with Crippen LogP contribution in [0.25, 0.3) is 0 Å². The molecule has 0 radical (unpaired) electrons. The highest BCUT2D eigenvalue weighted by atomic mass is 32.1. The summed E-state index contributed by atoms with van der Waals surface area (Å²) in [5, 5.41) is 3.75. The fraction of sp³-hybridized carbons (Fsp3) is 0.375. The van der Waals surface area contributed by atoms with E-state index in [1.807, 2.05) is 6.20 Å². The van der Waals surface area contributed by atoms with Gasteiger partial charge in [-0.1, -0.05) is 12.1 Å². The molecule has 1 aliphatic rings. The van der Waals surface area contributed by atoms with Crippen molar-refractivity contribution in [3.8, 4) is 0 Å². The molecule has 1 N–H and O–H groups in total. The molecule has 1 aromatic carbocycles. The quantitative estimate of drug-likeness (QED) is 0.933. The minimum absolute atomic E-state index is 0.0800. The van der Waals surface area contributed by atoms with Gasteiger partial charge in [-0.25, -0.2) is 14.2 Å². The lowest BCUT2D eigenvalue weighted by atomic mass is 10.1. The van der Waals surface area contributed by atoms with Gasteiger partial charge in [0.1, 0.15) is 10.8 Å². The molecule has 0 atom stereocenters. The molecule has 0 saturated carbocycles. The van der Waals surface area contributed by atoms with Crippen molar-refractivity contribution in [1.29, 1.82) is 0 Å². The molecule has 0 aliphatic carbocycles. The Bertz CT molecular complexity index is 654. The standard InChI is InChI=1S/C16H18FN3O2S/c17-13-3-1-12(2-4-13)9-14-10-18-15(23-14)11-19-16(21)20-5-7-22-8-6-20/h1-4,10H,5-9,11H2,(H,19,21). The number of nitrogens with one attached hydrogen (secondary N) is 1. The molecule has 5 nitrogen and oxygen atoms in total. The minimum atomic E-state index is -0.232. The molecular formula is C16H18FN3O2S. The van der Waals surface area contributed by atoms with Crippen molar-refractivity contribution in [2.45, 2.75) is 13.0 Å². The van der Waals surface area contributed by atoms with Crippen LogP contribution in [0.5, 0.6) is 0 Å². The highest BCUT2D eigenvalue weighted by Gasteiger charge is 2.16. The number of hydrogen-bond acceptors (Lipinski definition) is 4. The van der Waals surface area contributed by atoms with Crippen molar-refractivity contribution in [2.75, 3.05) is 26.3 Å². The van der Waals surface area contributed by atoms with E-state index in [9.17, 15) is 9.18 Å². The molecule has 1 fully saturated rings. The molecular weight excluding hydrogens is 317 g/mol. The summed E-state index contributed by atoms with van der Waals surface area (Å²) in [5.74, 6) is -0.232. The van der Waals surface area contributed by atoms with Gasteiger partial charge in [0.15, 0.2) is 0 Å². The highest BCUT2D eigenvalue weighted by molar-refractivity contribution is 7.11. The number of thiazole rings is 1. The van der Waals surface area contributed by atoms with E-state index < -0.39 is 0 Å². The minimum Gasteiger partial charge on any atom is -0.378 e. The summed E-state index contributed by atoms with van der Waals surface area (Å²) in [5.41, 5.74) is 1.04. The van der Waals surface area contributed by atoms with Crippen LogP contribution in [-0.2, 0) is 17.7 Å². The zero-order valence-electron chi connectivity index (χ0n) is 12.6. The Morgan fingerprint density at radius 2 is 2.04 bits per heavy atom. The zero-order chi connectivity index (χ0) is 16.1. The molecule has 2 amide bonds. The van der Waals surface area contributed by atoms with Crippen LogP contribution in [0.15, 0.2) is 30.5 Å². The Morgan fingerprint density at radius 3 is 2.78 bits per heavy atom. The first-order valence-electron chi connectivity index (χ1n) is 7.49. The van der Waals surface area contributed by atoms with Crippen LogP contribution >= 0.6 is 11.3 Å². The molecule has 23 heavy (non-hydrogen) atoms. The molecule has 0 spiro atoms. The molecule has 122 valence electrons. The van der Waals surface area contributed by atoms with Crippen molar-refractivity contribution in [3.05, 3.63) is 51.7 Å². The molecule has 1 saturated heterocycles. The van der Waals surface area contributed by atoms with Gasteiger partial charge in [0.2, 0.25) is 0 Å². The topological polar surface area (TPSA) is 54.5 Å². The van der Waals surface area contributed by atoms with E-state index in [-0.39, 0.29) is 11.8 Å². The number of carbonyl (C=O) groups excluding carboxylic acids is 1. The maximum atomic E-state index is 12.9. The third-order valence-electron chi connectivity index (χ3n) is 3.58. The lowest BCUT2D eigenvalue weighted by Gasteiger charge is -2.26. The Kier molecular flexibility index (Phi) is 5.19. The Balaban J connectivity index is 1.50. The van der Waals surface area contributed by atoms with E-state index in [2.05, 4.69) is 10.3 Å².